The van der Waals surface area contributed by atoms with Gasteiger partial charge in [-0.05, 0) is 0 Å². The van der Waals surface area contributed by atoms with Gasteiger partial charge in [-0.15, -0.1) is 0 Å². The van der Waals surface area contributed by atoms with Gasteiger partial charge < -0.3 is 9.79 Å². The molecule has 67 valence electrons. The molecule has 0 bridgehead atoms. The normalized spacial score (nSPS) is 6.92. The monoisotopic (exact) mass is 343 g/mol. The smallest absolute Gasteiger partial charge is 0.772 e. The van der Waals surface area contributed by atoms with Crippen LogP contribution in [0, 0.1) is 47.8 Å². The van der Waals surface area contributed by atoms with Crippen LogP contribution in [0.1, 0.15) is 0 Å². The molecule has 0 N–H and O–H groups in total. The van der Waals surface area contributed by atoms with Gasteiger partial charge in [0.1, 0.15) is 0 Å². The fraction of sp³-hybridized carbons (Fsp3) is 0. The SMILES string of the molecule is O=P[O-].O=P[O-].[Ce+3].[c-]1ccccc1. The zero-order chi connectivity index (χ0) is 9.66. The van der Waals surface area contributed by atoms with Crippen molar-refractivity contribution >= 4 is 17.4 Å². The Hall–Kier alpha value is 0.717. The topological polar surface area (TPSA) is 80.3 Å². The fourth-order valence-electron chi connectivity index (χ4n) is 0.342. The molecule has 1 aromatic rings. The van der Waals surface area contributed by atoms with E-state index in [4.69, 9.17) is 18.9 Å². The van der Waals surface area contributed by atoms with Gasteiger partial charge >= 0.3 is 41.7 Å². The van der Waals surface area contributed by atoms with Crippen molar-refractivity contribution in [2.45, 2.75) is 0 Å². The Balaban J connectivity index is -0.000000126. The summed E-state index contributed by atoms with van der Waals surface area (Å²) in [6.07, 6.45) is 0. The molecule has 0 unspecified atom stereocenters. The average Bonchev–Trinajstić information content (AvgIpc) is 2.10. The summed E-state index contributed by atoms with van der Waals surface area (Å²) in [5.74, 6) is 0. The Kier molecular flexibility index (Phi) is 34.1. The second kappa shape index (κ2) is 23.0. The maximum absolute atomic E-state index is 8.35. The van der Waals surface area contributed by atoms with E-state index in [-0.39, 0.29) is 41.7 Å². The molecule has 0 saturated carbocycles. The summed E-state index contributed by atoms with van der Waals surface area (Å²) in [5.41, 5.74) is 0. The number of benzene rings is 1. The molecular formula is C6H5CeO4P2. The van der Waals surface area contributed by atoms with Crippen molar-refractivity contribution in [1.29, 1.82) is 0 Å². The Morgan fingerprint density at radius 3 is 1.31 bits per heavy atom. The molecule has 0 amide bonds. The van der Waals surface area contributed by atoms with Crippen LogP contribution in [0.15, 0.2) is 30.3 Å². The quantitative estimate of drug-likeness (QED) is 0.510. The third-order valence-electron chi connectivity index (χ3n) is 0.607. The first-order valence-corrected chi connectivity index (χ1v) is 4.10. The minimum absolute atomic E-state index is 0. The first kappa shape index (κ1) is 19.3. The van der Waals surface area contributed by atoms with E-state index in [0.29, 0.717) is 0 Å². The summed E-state index contributed by atoms with van der Waals surface area (Å²) in [4.78, 5) is 16.7. The predicted octanol–water partition coefficient (Wildman–Crippen LogP) is 0.594. The molecule has 4 nitrogen and oxygen atoms in total. The van der Waals surface area contributed by atoms with E-state index >= 15 is 0 Å². The van der Waals surface area contributed by atoms with Gasteiger partial charge in [0.2, 0.25) is 0 Å². The molecule has 0 aliphatic carbocycles. The average molecular weight is 343 g/mol. The van der Waals surface area contributed by atoms with Crippen LogP contribution < -0.4 is 9.79 Å². The van der Waals surface area contributed by atoms with Crippen LogP contribution in [0.4, 0.5) is 0 Å². The molecule has 7 heteroatoms. The van der Waals surface area contributed by atoms with Gasteiger partial charge in [-0.3, -0.25) is 9.13 Å². The van der Waals surface area contributed by atoms with Crippen molar-refractivity contribution < 1.29 is 60.7 Å². The van der Waals surface area contributed by atoms with Crippen LogP contribution in [0.5, 0.6) is 0 Å². The van der Waals surface area contributed by atoms with Crippen LogP contribution in [-0.4, -0.2) is 0 Å². The van der Waals surface area contributed by atoms with Crippen LogP contribution in [0.2, 0.25) is 0 Å². The van der Waals surface area contributed by atoms with E-state index in [0.717, 1.165) is 0 Å². The first-order valence-electron chi connectivity index (χ1n) is 2.64. The molecular weight excluding hydrogens is 338 g/mol. The van der Waals surface area contributed by atoms with E-state index in [1.54, 1.807) is 0 Å². The van der Waals surface area contributed by atoms with E-state index in [2.05, 4.69) is 6.07 Å². The van der Waals surface area contributed by atoms with Crippen LogP contribution in [-0.2, 0) is 9.13 Å². The third kappa shape index (κ3) is 32.4. The second-order valence-corrected chi connectivity index (χ2v) is 1.52. The number of hydrogen-bond donors (Lipinski definition) is 0. The molecule has 0 aliphatic rings. The zero-order valence-corrected chi connectivity index (χ0v) is 11.3. The van der Waals surface area contributed by atoms with Crippen LogP contribution >= 0.6 is 17.4 Å². The van der Waals surface area contributed by atoms with Crippen molar-refractivity contribution in [3.05, 3.63) is 36.4 Å². The summed E-state index contributed by atoms with van der Waals surface area (Å²) in [7, 11) is -2.17. The molecule has 0 saturated heterocycles. The van der Waals surface area contributed by atoms with Gasteiger partial charge in [0.25, 0.3) is 0 Å². The van der Waals surface area contributed by atoms with Crippen molar-refractivity contribution in [3.8, 4) is 0 Å². The Labute approximate surface area is 113 Å². The summed E-state index contributed by atoms with van der Waals surface area (Å²) < 4.78 is 16.7. The van der Waals surface area contributed by atoms with Crippen LogP contribution in [0.3, 0.4) is 0 Å². The number of hydrogen-bond acceptors (Lipinski definition) is 4. The number of rotatable bonds is 0. The molecule has 0 spiro atoms. The van der Waals surface area contributed by atoms with Gasteiger partial charge in [-0.25, -0.2) is 0 Å². The largest absolute Gasteiger partial charge is 3.00 e. The molecule has 1 aromatic carbocycles. The molecule has 1 rings (SSSR count). The predicted molar refractivity (Wildman–Crippen MR) is 40.5 cm³/mol. The summed E-state index contributed by atoms with van der Waals surface area (Å²) in [6, 6.07) is 12.5. The van der Waals surface area contributed by atoms with E-state index in [9.17, 15) is 0 Å². The van der Waals surface area contributed by atoms with Gasteiger partial charge in [-0.1, -0.05) is 0 Å². The Morgan fingerprint density at radius 2 is 1.23 bits per heavy atom. The van der Waals surface area contributed by atoms with Crippen molar-refractivity contribution in [1.82, 2.24) is 0 Å². The van der Waals surface area contributed by atoms with Crippen molar-refractivity contribution in [2.75, 3.05) is 0 Å². The molecule has 0 aromatic heterocycles. The summed E-state index contributed by atoms with van der Waals surface area (Å²) >= 11 is 0. The van der Waals surface area contributed by atoms with E-state index in [1.165, 1.54) is 0 Å². The van der Waals surface area contributed by atoms with Gasteiger partial charge in [-0.2, -0.15) is 36.4 Å². The fourth-order valence-corrected chi connectivity index (χ4v) is 0.342. The van der Waals surface area contributed by atoms with Crippen LogP contribution in [0.25, 0.3) is 0 Å². The zero-order valence-electron chi connectivity index (χ0n) is 6.41. The van der Waals surface area contributed by atoms with E-state index in [1.807, 2.05) is 30.3 Å². The second-order valence-electron chi connectivity index (χ2n) is 1.23. The Bertz CT molecular complexity index is 153. The first-order chi connectivity index (χ1) is 5.83. The summed E-state index contributed by atoms with van der Waals surface area (Å²) in [5, 5.41) is 0. The molecule has 13 heavy (non-hydrogen) atoms. The standard InChI is InChI=1S/C6H5.Ce.2HO2P/c1-2-4-6-5-3-1;;2*1-3-2/h1-5H;;2*(H,1,2)/q-1;+3;;/p-2. The Morgan fingerprint density at radius 1 is 0.923 bits per heavy atom. The van der Waals surface area contributed by atoms with Crippen molar-refractivity contribution in [2.24, 2.45) is 0 Å². The van der Waals surface area contributed by atoms with Gasteiger partial charge in [0, 0.05) is 0 Å². The van der Waals surface area contributed by atoms with E-state index < -0.39 is 17.4 Å². The van der Waals surface area contributed by atoms with Gasteiger partial charge in [0.15, 0.2) is 0 Å². The molecule has 1 radical (unpaired) electrons. The maximum Gasteiger partial charge on any atom is 3.00 e. The molecule has 0 atom stereocenters. The summed E-state index contributed by atoms with van der Waals surface area (Å²) in [6.45, 7) is 0. The molecule has 0 aliphatic heterocycles. The minimum atomic E-state index is -1.08. The maximum atomic E-state index is 8.35. The molecule has 0 fully saturated rings. The van der Waals surface area contributed by atoms with Gasteiger partial charge in [0.05, 0.1) is 17.4 Å². The third-order valence-corrected chi connectivity index (χ3v) is 0.607. The molecule has 0 heterocycles. The minimum Gasteiger partial charge on any atom is -0.772 e. The van der Waals surface area contributed by atoms with Crippen molar-refractivity contribution in [3.63, 3.8) is 0 Å².